The Morgan fingerprint density at radius 2 is 1.33 bits per heavy atom. The lowest BCUT2D eigenvalue weighted by molar-refractivity contribution is 0.889. The maximum atomic E-state index is 4.06. The number of rotatable bonds is 5. The maximum absolute atomic E-state index is 4.06. The molecule has 5 aromatic carbocycles. The minimum atomic E-state index is -0.700. The van der Waals surface area contributed by atoms with E-state index in [4.69, 9.17) is 0 Å². The number of para-hydroxylation sites is 2. The summed E-state index contributed by atoms with van der Waals surface area (Å²) >= 11 is 0. The van der Waals surface area contributed by atoms with E-state index in [1.54, 1.807) is 16.0 Å². The van der Waals surface area contributed by atoms with Gasteiger partial charge in [0.25, 0.3) is 0 Å². The molecule has 2 fully saturated rings. The smallest absolute Gasteiger partial charge is 0.0541 e. The zero-order valence-electron chi connectivity index (χ0n) is 26.5. The number of aromatic nitrogens is 1. The van der Waals surface area contributed by atoms with Crippen LogP contribution in [0.2, 0.25) is 13.1 Å². The second kappa shape index (κ2) is 9.98. The molecule has 0 saturated heterocycles. The van der Waals surface area contributed by atoms with Crippen molar-refractivity contribution >= 4 is 47.9 Å². The Kier molecular flexibility index (Phi) is 5.79. The molecule has 0 bridgehead atoms. The van der Waals surface area contributed by atoms with Crippen molar-refractivity contribution in [2.45, 2.75) is 44.7 Å². The lowest BCUT2D eigenvalue weighted by Crippen LogP contribution is -2.13. The average molecular weight is 607 g/mol. The maximum Gasteiger partial charge on any atom is 0.0541 e. The molecule has 4 aliphatic rings. The molecule has 1 aromatic heterocycles. The SMILES string of the molecule is C[Si](C)=c1ccc2c(c1-c1ccccc1)C(C1C(C3CC3)=Cc3c1cccc3-n1c3ccccc3c3ccccc31)=C(C1CC1)[C]=2. The summed E-state index contributed by atoms with van der Waals surface area (Å²) in [5.41, 5.74) is 15.8. The number of fused-ring (bicyclic) bond motifs is 5. The van der Waals surface area contributed by atoms with Crippen LogP contribution >= 0.6 is 0 Å². The molecule has 1 radical (unpaired) electrons. The van der Waals surface area contributed by atoms with Crippen molar-refractivity contribution < 1.29 is 0 Å². The molecular formula is C44H36NSi. The summed E-state index contributed by atoms with van der Waals surface area (Å²) < 4.78 is 2.53. The second-order valence-corrected chi connectivity index (χ2v) is 16.5. The van der Waals surface area contributed by atoms with E-state index in [2.05, 4.69) is 139 Å². The van der Waals surface area contributed by atoms with Crippen molar-refractivity contribution in [2.24, 2.45) is 11.8 Å². The van der Waals surface area contributed by atoms with Crippen LogP contribution in [0, 0.1) is 16.7 Å². The second-order valence-electron chi connectivity index (χ2n) is 14.0. The molecule has 2 heteroatoms. The minimum absolute atomic E-state index is 0.280. The molecule has 6 aromatic rings. The summed E-state index contributed by atoms with van der Waals surface area (Å²) in [4.78, 5) is 1.54. The third-order valence-electron chi connectivity index (χ3n) is 10.9. The van der Waals surface area contributed by atoms with Gasteiger partial charge in [0, 0.05) is 30.7 Å². The molecule has 1 heterocycles. The number of hydrogen-bond acceptors (Lipinski definition) is 0. The third-order valence-corrected chi connectivity index (χ3v) is 12.3. The van der Waals surface area contributed by atoms with Gasteiger partial charge in [0.2, 0.25) is 0 Å². The Balaban J connectivity index is 1.26. The van der Waals surface area contributed by atoms with Crippen molar-refractivity contribution in [3.63, 3.8) is 0 Å². The van der Waals surface area contributed by atoms with Gasteiger partial charge in [-0.05, 0) is 105 Å². The molecule has 10 rings (SSSR count). The molecule has 2 saturated carbocycles. The van der Waals surface area contributed by atoms with Gasteiger partial charge in [-0.2, -0.15) is 0 Å². The summed E-state index contributed by atoms with van der Waals surface area (Å²) in [6.07, 6.45) is 11.9. The monoisotopic (exact) mass is 606 g/mol. The Morgan fingerprint density at radius 3 is 2.00 bits per heavy atom. The molecule has 46 heavy (non-hydrogen) atoms. The largest absolute Gasteiger partial charge is 0.309 e. The van der Waals surface area contributed by atoms with Gasteiger partial charge in [-0.3, -0.25) is 0 Å². The van der Waals surface area contributed by atoms with Crippen LogP contribution in [0.15, 0.2) is 120 Å². The van der Waals surface area contributed by atoms with Gasteiger partial charge < -0.3 is 4.57 Å². The van der Waals surface area contributed by atoms with Crippen LogP contribution in [0.1, 0.15) is 48.3 Å². The van der Waals surface area contributed by atoms with E-state index in [0.29, 0.717) is 11.8 Å². The number of benzene rings is 5. The minimum Gasteiger partial charge on any atom is -0.309 e. The number of hydrogen-bond donors (Lipinski definition) is 0. The normalized spacial score (nSPS) is 18.6. The van der Waals surface area contributed by atoms with E-state index in [9.17, 15) is 0 Å². The van der Waals surface area contributed by atoms with Crippen LogP contribution in [-0.2, 0) is 0 Å². The van der Waals surface area contributed by atoms with Crippen molar-refractivity contribution in [1.29, 1.82) is 0 Å². The van der Waals surface area contributed by atoms with Crippen molar-refractivity contribution in [1.82, 2.24) is 4.57 Å². The van der Waals surface area contributed by atoms with Crippen LogP contribution in [0.4, 0.5) is 0 Å². The van der Waals surface area contributed by atoms with E-state index in [0.717, 1.165) is 0 Å². The van der Waals surface area contributed by atoms with Gasteiger partial charge >= 0.3 is 0 Å². The molecule has 0 amide bonds. The molecule has 1 nitrogen and oxygen atoms in total. The number of nitrogens with zero attached hydrogens (tertiary/aromatic N) is 1. The first kappa shape index (κ1) is 26.7. The molecule has 4 aliphatic carbocycles. The average Bonchev–Trinajstić information content (AvgIpc) is 4.02. The lowest BCUT2D eigenvalue weighted by Gasteiger charge is -2.25. The van der Waals surface area contributed by atoms with Crippen LogP contribution in [0.25, 0.3) is 56.3 Å². The fourth-order valence-electron chi connectivity index (χ4n) is 8.53. The molecule has 1 unspecified atom stereocenters. The lowest BCUT2D eigenvalue weighted by atomic mass is 9.79. The fourth-order valence-corrected chi connectivity index (χ4v) is 9.71. The summed E-state index contributed by atoms with van der Waals surface area (Å²) in [5.74, 6) is 1.58. The summed E-state index contributed by atoms with van der Waals surface area (Å²) in [7, 11) is -0.700. The van der Waals surface area contributed by atoms with E-state index >= 15 is 0 Å². The molecular weight excluding hydrogens is 571 g/mol. The van der Waals surface area contributed by atoms with Gasteiger partial charge in [0.05, 0.1) is 16.7 Å². The molecule has 0 aliphatic heterocycles. The van der Waals surface area contributed by atoms with Crippen LogP contribution in [-0.4, -0.2) is 13.0 Å². The van der Waals surface area contributed by atoms with Gasteiger partial charge in [0.15, 0.2) is 0 Å². The van der Waals surface area contributed by atoms with E-state index < -0.39 is 8.41 Å². The zero-order chi connectivity index (χ0) is 30.5. The van der Waals surface area contributed by atoms with Crippen LogP contribution < -0.4 is 5.22 Å². The van der Waals surface area contributed by atoms with Crippen molar-refractivity contribution in [3.05, 3.63) is 147 Å². The van der Waals surface area contributed by atoms with E-state index in [1.165, 1.54) is 91.8 Å². The van der Waals surface area contributed by atoms with Gasteiger partial charge in [-0.1, -0.05) is 116 Å². The first-order valence-corrected chi connectivity index (χ1v) is 19.5. The van der Waals surface area contributed by atoms with Gasteiger partial charge in [-0.15, -0.1) is 0 Å². The fraction of sp³-hybridized carbons (Fsp3) is 0.205. The van der Waals surface area contributed by atoms with Crippen LogP contribution in [0.5, 0.6) is 0 Å². The highest BCUT2D eigenvalue weighted by atomic mass is 28.2. The van der Waals surface area contributed by atoms with Gasteiger partial charge in [-0.25, -0.2) is 0 Å². The van der Waals surface area contributed by atoms with Crippen molar-refractivity contribution in [2.75, 3.05) is 0 Å². The first-order chi connectivity index (χ1) is 22.7. The van der Waals surface area contributed by atoms with Gasteiger partial charge in [0.1, 0.15) is 0 Å². The standard InChI is InChI=1S/C44H36NSi/c1-46(2)40-24-23-30-25-34(27-19-20-27)44(42(30)41(40)29-11-4-3-5-12-29)43-33-15-10-18-39(36(33)26-35(43)28-21-22-28)45-37-16-8-6-13-31(37)32-14-7-9-17-38(32)45/h3-18,23-24,26-28,43H,19-22H2,1-2H3. The summed E-state index contributed by atoms with van der Waals surface area (Å²) in [6.45, 7) is 4.90. The topological polar surface area (TPSA) is 4.93 Å². The number of allylic oxidation sites excluding steroid dienone is 3. The molecule has 0 N–H and O–H groups in total. The molecule has 1 atom stereocenters. The van der Waals surface area contributed by atoms with Crippen molar-refractivity contribution in [3.8, 4) is 16.8 Å². The Morgan fingerprint density at radius 1 is 0.652 bits per heavy atom. The predicted molar refractivity (Wildman–Crippen MR) is 195 cm³/mol. The summed E-state index contributed by atoms with van der Waals surface area (Å²) in [6, 6.07) is 41.0. The van der Waals surface area contributed by atoms with E-state index in [-0.39, 0.29) is 5.92 Å². The molecule has 0 spiro atoms. The predicted octanol–water partition coefficient (Wildman–Crippen LogP) is 10.5. The van der Waals surface area contributed by atoms with Crippen LogP contribution in [0.3, 0.4) is 0 Å². The van der Waals surface area contributed by atoms with E-state index in [1.807, 2.05) is 0 Å². The highest BCUT2D eigenvalue weighted by Gasteiger charge is 2.43. The first-order valence-electron chi connectivity index (χ1n) is 17.0. The third kappa shape index (κ3) is 3.89. The quantitative estimate of drug-likeness (QED) is 0.172. The Hall–Kier alpha value is -4.53. The Labute approximate surface area is 272 Å². The molecule has 221 valence electrons. The highest BCUT2D eigenvalue weighted by molar-refractivity contribution is 6.48. The zero-order valence-corrected chi connectivity index (χ0v) is 27.5. The summed E-state index contributed by atoms with van der Waals surface area (Å²) in [5, 5.41) is 3.95. The Bertz CT molecular complexity index is 2390. The highest BCUT2D eigenvalue weighted by Crippen LogP contribution is 2.58.